The number of nitrogens with zero attached hydrogens (tertiary/aromatic N) is 2. The topological polar surface area (TPSA) is 62.3 Å². The van der Waals surface area contributed by atoms with E-state index in [2.05, 4.69) is 15.2 Å². The fraction of sp³-hybridized carbons (Fsp3) is 0.500. The van der Waals surface area contributed by atoms with Crippen molar-refractivity contribution in [2.75, 3.05) is 5.32 Å². The summed E-state index contributed by atoms with van der Waals surface area (Å²) in [6.07, 6.45) is 11.3. The molecule has 1 aromatic carbocycles. The molecule has 162 valence electrons. The average Bonchev–Trinajstić information content (AvgIpc) is 3.25. The summed E-state index contributed by atoms with van der Waals surface area (Å²) in [6.45, 7) is 1.96. The van der Waals surface area contributed by atoms with Gasteiger partial charge in [0.1, 0.15) is 5.82 Å². The monoisotopic (exact) mass is 417 g/mol. The van der Waals surface area contributed by atoms with E-state index in [1.54, 1.807) is 6.20 Å². The van der Waals surface area contributed by atoms with E-state index in [1.165, 1.54) is 6.42 Å². The Balaban J connectivity index is 1.61. The van der Waals surface area contributed by atoms with Gasteiger partial charge >= 0.3 is 0 Å². The van der Waals surface area contributed by atoms with Crippen LogP contribution in [0.3, 0.4) is 0 Å². The van der Waals surface area contributed by atoms with Crippen molar-refractivity contribution >= 4 is 17.6 Å². The molecule has 0 saturated heterocycles. The zero-order valence-corrected chi connectivity index (χ0v) is 18.3. The van der Waals surface area contributed by atoms with Crippen molar-refractivity contribution in [1.29, 1.82) is 0 Å². The van der Waals surface area contributed by atoms with Gasteiger partial charge in [-0.25, -0.2) is 4.98 Å². The van der Waals surface area contributed by atoms with E-state index >= 15 is 0 Å². The highest BCUT2D eigenvalue weighted by molar-refractivity contribution is 6.05. The number of hydrogen-bond donors (Lipinski definition) is 1. The van der Waals surface area contributed by atoms with Gasteiger partial charge in [0, 0.05) is 17.8 Å². The van der Waals surface area contributed by atoms with Crippen LogP contribution in [0.1, 0.15) is 85.2 Å². The van der Waals surface area contributed by atoms with Gasteiger partial charge in [0.2, 0.25) is 5.91 Å². The van der Waals surface area contributed by atoms with Crippen LogP contribution < -0.4 is 5.32 Å². The minimum absolute atomic E-state index is 0.0375. The number of aromatic nitrogens is 1. The number of nitrogens with one attached hydrogen (secondary N) is 1. The lowest BCUT2D eigenvalue weighted by atomic mass is 9.69. The first-order chi connectivity index (χ1) is 15.1. The zero-order chi connectivity index (χ0) is 21.4. The summed E-state index contributed by atoms with van der Waals surface area (Å²) in [5.74, 6) is 0.332. The highest BCUT2D eigenvalue weighted by Gasteiger charge is 2.57. The van der Waals surface area contributed by atoms with Gasteiger partial charge in [0.15, 0.2) is 0 Å². The van der Waals surface area contributed by atoms with E-state index in [-0.39, 0.29) is 23.8 Å². The Labute approximate surface area is 184 Å². The number of carbonyl (C=O) groups is 2. The third kappa shape index (κ3) is 3.35. The number of anilines is 1. The minimum Gasteiger partial charge on any atom is -0.329 e. The van der Waals surface area contributed by atoms with Crippen molar-refractivity contribution in [3.8, 4) is 0 Å². The lowest BCUT2D eigenvalue weighted by Crippen LogP contribution is -2.63. The number of rotatable bonds is 3. The molecule has 5 rings (SSSR count). The van der Waals surface area contributed by atoms with Crippen molar-refractivity contribution in [2.45, 2.75) is 82.2 Å². The van der Waals surface area contributed by atoms with Crippen LogP contribution in [0, 0.1) is 6.92 Å². The molecule has 1 aliphatic heterocycles. The van der Waals surface area contributed by atoms with Gasteiger partial charge in [0.05, 0.1) is 11.5 Å². The van der Waals surface area contributed by atoms with Gasteiger partial charge in [-0.3, -0.25) is 9.59 Å². The van der Waals surface area contributed by atoms with Crippen LogP contribution in [-0.4, -0.2) is 33.3 Å². The first-order valence-corrected chi connectivity index (χ1v) is 11.8. The Morgan fingerprint density at radius 2 is 1.77 bits per heavy atom. The Hall–Kier alpha value is -2.69. The van der Waals surface area contributed by atoms with Crippen LogP contribution in [-0.2, 0) is 4.79 Å². The summed E-state index contributed by atoms with van der Waals surface area (Å²) < 4.78 is 0. The van der Waals surface area contributed by atoms with Gasteiger partial charge in [-0.1, -0.05) is 56.4 Å². The summed E-state index contributed by atoms with van der Waals surface area (Å²) in [5.41, 5.74) is 2.09. The number of carbonyl (C=O) groups excluding carboxylic acids is 2. The van der Waals surface area contributed by atoms with Crippen LogP contribution >= 0.6 is 0 Å². The van der Waals surface area contributed by atoms with Crippen LogP contribution in [0.25, 0.3) is 0 Å². The largest absolute Gasteiger partial charge is 0.329 e. The molecule has 1 spiro atoms. The number of aryl methyl sites for hydroxylation is 1. The number of benzene rings is 1. The minimum atomic E-state index is -0.430. The second-order valence-corrected chi connectivity index (χ2v) is 9.46. The van der Waals surface area contributed by atoms with Crippen molar-refractivity contribution in [1.82, 2.24) is 9.88 Å². The van der Waals surface area contributed by atoms with E-state index in [4.69, 9.17) is 0 Å². The first-order valence-electron chi connectivity index (χ1n) is 11.8. The molecule has 1 aromatic heterocycles. The molecule has 2 saturated carbocycles. The quantitative estimate of drug-likeness (QED) is 0.745. The molecule has 2 heterocycles. The smallest absolute Gasteiger partial charge is 0.254 e. The normalized spacial score (nSPS) is 23.1. The zero-order valence-electron chi connectivity index (χ0n) is 18.3. The Morgan fingerprint density at radius 1 is 1.03 bits per heavy atom. The summed E-state index contributed by atoms with van der Waals surface area (Å²) >= 11 is 0. The van der Waals surface area contributed by atoms with Crippen molar-refractivity contribution in [3.05, 3.63) is 59.3 Å². The number of pyridine rings is 1. The Kier molecular flexibility index (Phi) is 5.28. The molecule has 0 bridgehead atoms. The SMILES string of the molecule is Cc1cccnc1NC(=O)C1c2ccccc2C(=O)N(C2CCCCC2)C12CCCC2. The highest BCUT2D eigenvalue weighted by atomic mass is 16.2. The van der Waals surface area contributed by atoms with Crippen LogP contribution in [0.2, 0.25) is 0 Å². The van der Waals surface area contributed by atoms with Crippen LogP contribution in [0.5, 0.6) is 0 Å². The van der Waals surface area contributed by atoms with Crippen molar-refractivity contribution < 1.29 is 9.59 Å². The van der Waals surface area contributed by atoms with Gasteiger partial charge < -0.3 is 10.2 Å². The standard InChI is InChI=1S/C26H31N3O2/c1-18-10-9-17-27-23(18)28-24(30)22-20-13-5-6-14-21(20)25(31)29(19-11-3-2-4-12-19)26(22)15-7-8-16-26/h5-6,9-10,13-14,17,19,22H,2-4,7-8,11-12,15-16H2,1H3,(H,27,28,30). The summed E-state index contributed by atoms with van der Waals surface area (Å²) in [7, 11) is 0. The lowest BCUT2D eigenvalue weighted by Gasteiger charge is -2.53. The molecule has 2 aliphatic carbocycles. The molecule has 1 atom stereocenters. The second kappa shape index (κ2) is 8.10. The molecule has 5 nitrogen and oxygen atoms in total. The predicted octanol–water partition coefficient (Wildman–Crippen LogP) is 5.21. The van der Waals surface area contributed by atoms with E-state index in [0.717, 1.165) is 62.5 Å². The van der Waals surface area contributed by atoms with Crippen LogP contribution in [0.4, 0.5) is 5.82 Å². The molecule has 1 N–H and O–H groups in total. The van der Waals surface area contributed by atoms with E-state index in [1.807, 2.05) is 43.3 Å². The Morgan fingerprint density at radius 3 is 2.52 bits per heavy atom. The molecule has 2 aromatic rings. The van der Waals surface area contributed by atoms with E-state index < -0.39 is 5.54 Å². The predicted molar refractivity (Wildman–Crippen MR) is 121 cm³/mol. The van der Waals surface area contributed by atoms with Crippen LogP contribution in [0.15, 0.2) is 42.6 Å². The molecular formula is C26H31N3O2. The first kappa shape index (κ1) is 20.2. The lowest BCUT2D eigenvalue weighted by molar-refractivity contribution is -0.122. The van der Waals surface area contributed by atoms with Gasteiger partial charge in [-0.15, -0.1) is 0 Å². The van der Waals surface area contributed by atoms with Crippen molar-refractivity contribution in [3.63, 3.8) is 0 Å². The molecule has 0 radical (unpaired) electrons. The maximum absolute atomic E-state index is 13.9. The molecule has 2 amide bonds. The molecule has 3 aliphatic rings. The fourth-order valence-corrected chi connectivity index (χ4v) is 6.28. The third-order valence-electron chi connectivity index (χ3n) is 7.66. The van der Waals surface area contributed by atoms with Gasteiger partial charge in [-0.2, -0.15) is 0 Å². The highest BCUT2D eigenvalue weighted by Crippen LogP contribution is 2.52. The molecule has 2 fully saturated rings. The molecule has 31 heavy (non-hydrogen) atoms. The Bertz CT molecular complexity index is 990. The van der Waals surface area contributed by atoms with Gasteiger partial charge in [-0.05, 0) is 55.9 Å². The van der Waals surface area contributed by atoms with E-state index in [9.17, 15) is 9.59 Å². The number of amides is 2. The molecule has 5 heteroatoms. The second-order valence-electron chi connectivity index (χ2n) is 9.46. The summed E-state index contributed by atoms with van der Waals surface area (Å²) in [6, 6.07) is 11.8. The third-order valence-corrected chi connectivity index (χ3v) is 7.66. The van der Waals surface area contributed by atoms with Gasteiger partial charge in [0.25, 0.3) is 5.91 Å². The fourth-order valence-electron chi connectivity index (χ4n) is 6.28. The summed E-state index contributed by atoms with van der Waals surface area (Å²) in [5, 5.41) is 3.12. The maximum atomic E-state index is 13.9. The number of fused-ring (bicyclic) bond motifs is 1. The molecular weight excluding hydrogens is 386 g/mol. The molecule has 1 unspecified atom stereocenters. The maximum Gasteiger partial charge on any atom is 0.254 e. The average molecular weight is 418 g/mol. The number of hydrogen-bond acceptors (Lipinski definition) is 3. The van der Waals surface area contributed by atoms with Crippen molar-refractivity contribution in [2.24, 2.45) is 0 Å². The van der Waals surface area contributed by atoms with E-state index in [0.29, 0.717) is 11.4 Å². The summed E-state index contributed by atoms with van der Waals surface area (Å²) in [4.78, 5) is 34.3.